The molecule has 0 aliphatic carbocycles. The summed E-state index contributed by atoms with van der Waals surface area (Å²) in [5, 5.41) is 3.43. The Morgan fingerprint density at radius 1 is 1.53 bits per heavy atom. The van der Waals surface area contributed by atoms with E-state index in [2.05, 4.69) is 19.2 Å². The molecule has 2 atom stereocenters. The summed E-state index contributed by atoms with van der Waals surface area (Å²) < 4.78 is 7.26. The highest BCUT2D eigenvalue weighted by Crippen LogP contribution is 2.17. The minimum atomic E-state index is 0.0631. The summed E-state index contributed by atoms with van der Waals surface area (Å²) in [5.74, 6) is 0. The lowest BCUT2D eigenvalue weighted by atomic mass is 10.1. The van der Waals surface area contributed by atoms with Crippen LogP contribution in [0.2, 0.25) is 0 Å². The molecule has 1 aromatic rings. The largest absolute Gasteiger partial charge is 0.378 e. The summed E-state index contributed by atoms with van der Waals surface area (Å²) in [6.07, 6.45) is 4.12. The van der Waals surface area contributed by atoms with Crippen molar-refractivity contribution in [2.24, 2.45) is 0 Å². The van der Waals surface area contributed by atoms with Crippen LogP contribution in [0.3, 0.4) is 0 Å². The third-order valence-electron chi connectivity index (χ3n) is 3.18. The molecule has 4 nitrogen and oxygen atoms in total. The number of nitrogens with zero attached hydrogens (tertiary/aromatic N) is 1. The molecule has 2 unspecified atom stereocenters. The van der Waals surface area contributed by atoms with Crippen LogP contribution >= 0.6 is 0 Å². The number of pyridine rings is 1. The van der Waals surface area contributed by atoms with E-state index in [1.807, 2.05) is 12.3 Å². The Balaban J connectivity index is 2.10. The van der Waals surface area contributed by atoms with Gasteiger partial charge < -0.3 is 14.6 Å². The molecule has 1 fully saturated rings. The second kappa shape index (κ2) is 5.36. The average Bonchev–Trinajstić information content (AvgIpc) is 2.70. The van der Waals surface area contributed by atoms with Gasteiger partial charge in [-0.2, -0.15) is 0 Å². The van der Waals surface area contributed by atoms with E-state index in [1.165, 1.54) is 0 Å². The average molecular weight is 236 g/mol. The highest BCUT2D eigenvalue weighted by molar-refractivity contribution is 5.41. The van der Waals surface area contributed by atoms with Crippen LogP contribution in [0.15, 0.2) is 23.1 Å². The molecule has 2 rings (SSSR count). The zero-order valence-electron chi connectivity index (χ0n) is 10.5. The Hall–Kier alpha value is -1.29. The lowest BCUT2D eigenvalue weighted by Crippen LogP contribution is -2.28. The van der Waals surface area contributed by atoms with Crippen molar-refractivity contribution in [3.05, 3.63) is 28.7 Å². The Morgan fingerprint density at radius 2 is 2.35 bits per heavy atom. The van der Waals surface area contributed by atoms with Crippen molar-refractivity contribution in [3.63, 3.8) is 0 Å². The maximum Gasteiger partial charge on any atom is 0.250 e. The molecule has 94 valence electrons. The molecule has 0 amide bonds. The zero-order valence-corrected chi connectivity index (χ0v) is 10.5. The fourth-order valence-electron chi connectivity index (χ4n) is 2.17. The first-order chi connectivity index (χ1) is 8.20. The maximum absolute atomic E-state index is 11.6. The summed E-state index contributed by atoms with van der Waals surface area (Å²) in [6.45, 7) is 5.73. The summed E-state index contributed by atoms with van der Waals surface area (Å²) in [4.78, 5) is 11.6. The quantitative estimate of drug-likeness (QED) is 0.867. The van der Waals surface area contributed by atoms with Crippen LogP contribution < -0.4 is 10.9 Å². The number of hydrogen-bond donors (Lipinski definition) is 1. The number of hydrogen-bond acceptors (Lipinski definition) is 3. The van der Waals surface area contributed by atoms with Crippen molar-refractivity contribution in [2.75, 3.05) is 11.9 Å². The highest BCUT2D eigenvalue weighted by Gasteiger charge is 2.23. The van der Waals surface area contributed by atoms with Crippen molar-refractivity contribution in [1.82, 2.24) is 4.57 Å². The van der Waals surface area contributed by atoms with Gasteiger partial charge >= 0.3 is 0 Å². The highest BCUT2D eigenvalue weighted by atomic mass is 16.5. The summed E-state index contributed by atoms with van der Waals surface area (Å²) in [6, 6.07) is 3.82. The van der Waals surface area contributed by atoms with Gasteiger partial charge in [0, 0.05) is 25.4 Å². The Morgan fingerprint density at radius 3 is 3.00 bits per heavy atom. The van der Waals surface area contributed by atoms with E-state index < -0.39 is 0 Å². The summed E-state index contributed by atoms with van der Waals surface area (Å²) in [7, 11) is 0. The molecule has 1 N–H and O–H groups in total. The molecular formula is C13H20N2O2. The van der Waals surface area contributed by atoms with Gasteiger partial charge in [-0.3, -0.25) is 4.79 Å². The minimum absolute atomic E-state index is 0.0631. The second-order valence-corrected chi connectivity index (χ2v) is 4.56. The molecular weight excluding hydrogens is 216 g/mol. The monoisotopic (exact) mass is 236 g/mol. The fraction of sp³-hybridized carbons (Fsp3) is 0.615. The number of nitrogens with one attached hydrogen (secondary N) is 1. The molecule has 1 aliphatic heterocycles. The lowest BCUT2D eigenvalue weighted by Gasteiger charge is -2.18. The molecule has 1 aromatic heterocycles. The van der Waals surface area contributed by atoms with Gasteiger partial charge in [-0.1, -0.05) is 6.92 Å². The van der Waals surface area contributed by atoms with Gasteiger partial charge in [0.1, 0.15) is 0 Å². The number of aromatic nitrogens is 1. The summed E-state index contributed by atoms with van der Waals surface area (Å²) in [5.41, 5.74) is 1.06. The first-order valence-electron chi connectivity index (χ1n) is 6.29. The molecule has 0 aromatic carbocycles. The van der Waals surface area contributed by atoms with E-state index in [9.17, 15) is 4.79 Å². The first kappa shape index (κ1) is 12.2. The second-order valence-electron chi connectivity index (χ2n) is 4.56. The maximum atomic E-state index is 11.6. The van der Waals surface area contributed by atoms with Crippen LogP contribution in [-0.4, -0.2) is 23.3 Å². The molecule has 0 radical (unpaired) electrons. The molecule has 0 saturated carbocycles. The van der Waals surface area contributed by atoms with Crippen molar-refractivity contribution >= 4 is 5.69 Å². The van der Waals surface area contributed by atoms with Gasteiger partial charge in [0.05, 0.1) is 17.8 Å². The molecule has 4 heteroatoms. The van der Waals surface area contributed by atoms with E-state index >= 15 is 0 Å². The smallest absolute Gasteiger partial charge is 0.250 e. The third-order valence-corrected chi connectivity index (χ3v) is 3.18. The van der Waals surface area contributed by atoms with Crippen LogP contribution in [0.4, 0.5) is 5.69 Å². The molecule has 1 saturated heterocycles. The molecule has 0 bridgehead atoms. The van der Waals surface area contributed by atoms with Gasteiger partial charge in [0.25, 0.3) is 5.56 Å². The first-order valence-corrected chi connectivity index (χ1v) is 6.29. The van der Waals surface area contributed by atoms with Crippen LogP contribution in [0.5, 0.6) is 0 Å². The SMILES string of the molecule is CCCn1cc(NC2CCOC2C)ccc1=O. The fourth-order valence-corrected chi connectivity index (χ4v) is 2.17. The van der Waals surface area contributed by atoms with Gasteiger partial charge in [0.15, 0.2) is 0 Å². The number of aryl methyl sites for hydroxylation is 1. The van der Waals surface area contributed by atoms with Gasteiger partial charge in [-0.05, 0) is 25.8 Å². The van der Waals surface area contributed by atoms with E-state index in [1.54, 1.807) is 10.6 Å². The zero-order chi connectivity index (χ0) is 12.3. The van der Waals surface area contributed by atoms with Crippen LogP contribution in [0.25, 0.3) is 0 Å². The number of rotatable bonds is 4. The normalized spacial score (nSPS) is 23.9. The van der Waals surface area contributed by atoms with Crippen LogP contribution in [-0.2, 0) is 11.3 Å². The Kier molecular flexibility index (Phi) is 3.84. The summed E-state index contributed by atoms with van der Waals surface area (Å²) >= 11 is 0. The Labute approximate surface area is 102 Å². The van der Waals surface area contributed by atoms with Gasteiger partial charge in [-0.15, -0.1) is 0 Å². The topological polar surface area (TPSA) is 43.3 Å². The molecule has 0 spiro atoms. The van der Waals surface area contributed by atoms with E-state index in [0.29, 0.717) is 6.04 Å². The predicted octanol–water partition coefficient (Wildman–Crippen LogP) is 1.85. The van der Waals surface area contributed by atoms with E-state index in [0.717, 1.165) is 31.7 Å². The number of ether oxygens (including phenoxy) is 1. The van der Waals surface area contributed by atoms with Gasteiger partial charge in [0.2, 0.25) is 0 Å². The van der Waals surface area contributed by atoms with E-state index in [4.69, 9.17) is 4.74 Å². The van der Waals surface area contributed by atoms with E-state index in [-0.39, 0.29) is 11.7 Å². The lowest BCUT2D eigenvalue weighted by molar-refractivity contribution is 0.121. The Bertz CT molecular complexity index is 428. The number of anilines is 1. The minimum Gasteiger partial charge on any atom is -0.378 e. The predicted molar refractivity (Wildman–Crippen MR) is 68.4 cm³/mol. The molecule has 1 aliphatic rings. The molecule has 2 heterocycles. The van der Waals surface area contributed by atoms with Crippen molar-refractivity contribution in [2.45, 2.75) is 45.4 Å². The van der Waals surface area contributed by atoms with Crippen molar-refractivity contribution < 1.29 is 4.74 Å². The van der Waals surface area contributed by atoms with Gasteiger partial charge in [-0.25, -0.2) is 0 Å². The van der Waals surface area contributed by atoms with Crippen molar-refractivity contribution in [1.29, 1.82) is 0 Å². The third kappa shape index (κ3) is 2.88. The van der Waals surface area contributed by atoms with Crippen LogP contribution in [0, 0.1) is 0 Å². The van der Waals surface area contributed by atoms with Crippen molar-refractivity contribution in [3.8, 4) is 0 Å². The van der Waals surface area contributed by atoms with Crippen LogP contribution in [0.1, 0.15) is 26.7 Å². The molecule has 17 heavy (non-hydrogen) atoms. The standard InChI is InChI=1S/C13H20N2O2/c1-3-7-15-9-11(4-5-13(15)16)14-12-6-8-17-10(12)2/h4-5,9-10,12,14H,3,6-8H2,1-2H3.